The van der Waals surface area contributed by atoms with E-state index < -0.39 is 0 Å². The SMILES string of the molecule is CCC1(C)CSC(=NC(C)C2CCCC2)N1. The van der Waals surface area contributed by atoms with Gasteiger partial charge in [0, 0.05) is 11.3 Å². The van der Waals surface area contributed by atoms with Crippen LogP contribution in [0.25, 0.3) is 0 Å². The second kappa shape index (κ2) is 4.99. The fourth-order valence-corrected chi connectivity index (χ4v) is 3.84. The molecular formula is C13H24N2S. The van der Waals surface area contributed by atoms with Crippen molar-refractivity contribution in [2.75, 3.05) is 5.75 Å². The molecule has 2 fully saturated rings. The predicted molar refractivity (Wildman–Crippen MR) is 73.1 cm³/mol. The quantitative estimate of drug-likeness (QED) is 0.817. The first-order valence-electron chi connectivity index (χ1n) is 6.62. The van der Waals surface area contributed by atoms with Gasteiger partial charge in [-0.3, -0.25) is 4.99 Å². The van der Waals surface area contributed by atoms with E-state index in [0.29, 0.717) is 6.04 Å². The number of aliphatic imine (C=N–C) groups is 1. The molecule has 16 heavy (non-hydrogen) atoms. The molecule has 1 aliphatic carbocycles. The zero-order valence-corrected chi connectivity index (χ0v) is 11.6. The predicted octanol–water partition coefficient (Wildman–Crippen LogP) is 3.43. The smallest absolute Gasteiger partial charge is 0.157 e. The zero-order chi connectivity index (χ0) is 11.6. The molecule has 2 atom stereocenters. The number of thioether (sulfide) groups is 1. The highest BCUT2D eigenvalue weighted by Gasteiger charge is 2.31. The van der Waals surface area contributed by atoms with E-state index in [1.165, 1.54) is 43.0 Å². The third kappa shape index (κ3) is 2.73. The summed E-state index contributed by atoms with van der Waals surface area (Å²) in [5.74, 6) is 2.00. The summed E-state index contributed by atoms with van der Waals surface area (Å²) >= 11 is 1.90. The highest BCUT2D eigenvalue weighted by Crippen LogP contribution is 2.31. The second-order valence-electron chi connectivity index (χ2n) is 5.55. The fraction of sp³-hybridized carbons (Fsp3) is 0.923. The van der Waals surface area contributed by atoms with Crippen LogP contribution in [0.15, 0.2) is 4.99 Å². The van der Waals surface area contributed by atoms with Crippen molar-refractivity contribution in [1.29, 1.82) is 0 Å². The van der Waals surface area contributed by atoms with E-state index in [-0.39, 0.29) is 5.54 Å². The Labute approximate surface area is 104 Å². The third-order valence-electron chi connectivity index (χ3n) is 4.12. The van der Waals surface area contributed by atoms with Gasteiger partial charge in [-0.1, -0.05) is 31.5 Å². The molecule has 1 aliphatic heterocycles. The number of rotatable bonds is 3. The molecule has 0 spiro atoms. The first kappa shape index (κ1) is 12.3. The lowest BCUT2D eigenvalue weighted by atomic mass is 10.0. The van der Waals surface area contributed by atoms with Crippen molar-refractivity contribution in [3.8, 4) is 0 Å². The van der Waals surface area contributed by atoms with Crippen LogP contribution in [0.4, 0.5) is 0 Å². The molecule has 0 radical (unpaired) electrons. The topological polar surface area (TPSA) is 24.4 Å². The van der Waals surface area contributed by atoms with Crippen molar-refractivity contribution in [3.63, 3.8) is 0 Å². The van der Waals surface area contributed by atoms with E-state index in [9.17, 15) is 0 Å². The van der Waals surface area contributed by atoms with Crippen molar-refractivity contribution in [3.05, 3.63) is 0 Å². The molecular weight excluding hydrogens is 216 g/mol. The van der Waals surface area contributed by atoms with Gasteiger partial charge in [0.1, 0.15) is 0 Å². The molecule has 0 amide bonds. The molecule has 2 rings (SSSR count). The van der Waals surface area contributed by atoms with E-state index >= 15 is 0 Å². The van der Waals surface area contributed by atoms with Crippen LogP contribution in [-0.2, 0) is 0 Å². The molecule has 2 aliphatic rings. The first-order chi connectivity index (χ1) is 7.63. The van der Waals surface area contributed by atoms with Crippen LogP contribution in [0, 0.1) is 5.92 Å². The second-order valence-corrected chi connectivity index (χ2v) is 6.51. The van der Waals surface area contributed by atoms with Gasteiger partial charge in [-0.25, -0.2) is 0 Å². The van der Waals surface area contributed by atoms with Crippen LogP contribution < -0.4 is 5.32 Å². The minimum absolute atomic E-state index is 0.277. The zero-order valence-electron chi connectivity index (χ0n) is 10.8. The maximum absolute atomic E-state index is 4.87. The lowest BCUT2D eigenvalue weighted by Crippen LogP contribution is -2.40. The monoisotopic (exact) mass is 240 g/mol. The maximum atomic E-state index is 4.87. The Balaban J connectivity index is 1.92. The van der Waals surface area contributed by atoms with Crippen LogP contribution in [0.3, 0.4) is 0 Å². The van der Waals surface area contributed by atoms with E-state index in [1.807, 2.05) is 11.8 Å². The fourth-order valence-electron chi connectivity index (χ4n) is 2.55. The molecule has 1 saturated carbocycles. The van der Waals surface area contributed by atoms with Gasteiger partial charge < -0.3 is 5.32 Å². The van der Waals surface area contributed by atoms with Crippen molar-refractivity contribution in [1.82, 2.24) is 5.32 Å². The lowest BCUT2D eigenvalue weighted by Gasteiger charge is -2.21. The molecule has 2 unspecified atom stereocenters. The van der Waals surface area contributed by atoms with Crippen molar-refractivity contribution in [2.24, 2.45) is 10.9 Å². The van der Waals surface area contributed by atoms with E-state index in [2.05, 4.69) is 26.1 Å². The summed E-state index contributed by atoms with van der Waals surface area (Å²) in [5.41, 5.74) is 0.277. The van der Waals surface area contributed by atoms with Gasteiger partial charge >= 0.3 is 0 Å². The largest absolute Gasteiger partial charge is 0.359 e. The summed E-state index contributed by atoms with van der Waals surface area (Å²) in [6.07, 6.45) is 6.76. The molecule has 0 aromatic rings. The van der Waals surface area contributed by atoms with Gasteiger partial charge in [-0.05, 0) is 39.0 Å². The van der Waals surface area contributed by atoms with E-state index in [1.54, 1.807) is 0 Å². The highest BCUT2D eigenvalue weighted by molar-refractivity contribution is 8.14. The molecule has 0 aromatic carbocycles. The minimum Gasteiger partial charge on any atom is -0.359 e. The van der Waals surface area contributed by atoms with Gasteiger partial charge in [-0.15, -0.1) is 0 Å². The number of nitrogens with one attached hydrogen (secondary N) is 1. The molecule has 1 saturated heterocycles. The van der Waals surface area contributed by atoms with Gasteiger partial charge in [0.2, 0.25) is 0 Å². The average molecular weight is 240 g/mol. The van der Waals surface area contributed by atoms with Crippen molar-refractivity contribution >= 4 is 16.9 Å². The third-order valence-corrected chi connectivity index (χ3v) is 5.38. The Hall–Kier alpha value is -0.180. The van der Waals surface area contributed by atoms with E-state index in [0.717, 1.165) is 5.92 Å². The summed E-state index contributed by atoms with van der Waals surface area (Å²) in [6, 6.07) is 0.511. The van der Waals surface area contributed by atoms with Gasteiger partial charge in [-0.2, -0.15) is 0 Å². The van der Waals surface area contributed by atoms with Crippen LogP contribution in [0.5, 0.6) is 0 Å². The van der Waals surface area contributed by atoms with Crippen LogP contribution in [-0.4, -0.2) is 22.5 Å². The van der Waals surface area contributed by atoms with E-state index in [4.69, 9.17) is 4.99 Å². The first-order valence-corrected chi connectivity index (χ1v) is 7.60. The van der Waals surface area contributed by atoms with Crippen molar-refractivity contribution < 1.29 is 0 Å². The Morgan fingerprint density at radius 2 is 2.19 bits per heavy atom. The molecule has 0 bridgehead atoms. The number of amidine groups is 1. The normalized spacial score (nSPS) is 35.6. The molecule has 1 N–H and O–H groups in total. The molecule has 92 valence electrons. The lowest BCUT2D eigenvalue weighted by molar-refractivity contribution is 0.447. The Morgan fingerprint density at radius 3 is 2.75 bits per heavy atom. The van der Waals surface area contributed by atoms with Gasteiger partial charge in [0.05, 0.1) is 6.04 Å². The molecule has 2 nitrogen and oxygen atoms in total. The van der Waals surface area contributed by atoms with Crippen LogP contribution in [0.2, 0.25) is 0 Å². The Kier molecular flexibility index (Phi) is 3.83. The van der Waals surface area contributed by atoms with Gasteiger partial charge in [0.25, 0.3) is 0 Å². The minimum atomic E-state index is 0.277. The maximum Gasteiger partial charge on any atom is 0.157 e. The molecule has 3 heteroatoms. The number of hydrogen-bond donors (Lipinski definition) is 1. The Bertz CT molecular complexity index is 271. The van der Waals surface area contributed by atoms with Crippen LogP contribution in [0.1, 0.15) is 52.9 Å². The highest BCUT2D eigenvalue weighted by atomic mass is 32.2. The standard InChI is InChI=1S/C13H24N2S/c1-4-13(3)9-16-12(15-13)14-10(2)11-7-5-6-8-11/h10-11H,4-9H2,1-3H3,(H,14,15). The number of nitrogens with zero attached hydrogens (tertiary/aromatic N) is 1. The molecule has 0 aromatic heterocycles. The summed E-state index contributed by atoms with van der Waals surface area (Å²) in [5, 5.41) is 4.77. The summed E-state index contributed by atoms with van der Waals surface area (Å²) < 4.78 is 0. The number of hydrogen-bond acceptors (Lipinski definition) is 2. The van der Waals surface area contributed by atoms with Crippen molar-refractivity contribution in [2.45, 2.75) is 64.5 Å². The van der Waals surface area contributed by atoms with Crippen LogP contribution >= 0.6 is 11.8 Å². The van der Waals surface area contributed by atoms with Gasteiger partial charge in [0.15, 0.2) is 5.17 Å². The molecule has 1 heterocycles. The Morgan fingerprint density at radius 1 is 1.50 bits per heavy atom. The summed E-state index contributed by atoms with van der Waals surface area (Å²) in [4.78, 5) is 4.87. The summed E-state index contributed by atoms with van der Waals surface area (Å²) in [6.45, 7) is 6.83. The summed E-state index contributed by atoms with van der Waals surface area (Å²) in [7, 11) is 0. The average Bonchev–Trinajstić information content (AvgIpc) is 2.88.